The van der Waals surface area contributed by atoms with E-state index in [9.17, 15) is 10.1 Å². The third kappa shape index (κ3) is 3.89. The van der Waals surface area contributed by atoms with Gasteiger partial charge >= 0.3 is 0 Å². The van der Waals surface area contributed by atoms with E-state index in [0.717, 1.165) is 17.0 Å². The molecule has 2 aromatic rings. The molecule has 2 N–H and O–H groups in total. The molecule has 6 nitrogen and oxygen atoms in total. The highest BCUT2D eigenvalue weighted by Crippen LogP contribution is 2.24. The van der Waals surface area contributed by atoms with Crippen LogP contribution in [-0.4, -0.2) is 43.6 Å². The summed E-state index contributed by atoms with van der Waals surface area (Å²) in [5.74, 6) is 0.714. The van der Waals surface area contributed by atoms with E-state index in [1.165, 1.54) is 0 Å². The fourth-order valence-corrected chi connectivity index (χ4v) is 3.06. The van der Waals surface area contributed by atoms with Crippen LogP contribution in [0.1, 0.15) is 11.1 Å². The molecule has 134 valence electrons. The highest BCUT2D eigenvalue weighted by Gasteiger charge is 2.23. The molecule has 0 bridgehead atoms. The zero-order valence-corrected chi connectivity index (χ0v) is 14.8. The van der Waals surface area contributed by atoms with Crippen molar-refractivity contribution in [3.63, 3.8) is 0 Å². The van der Waals surface area contributed by atoms with E-state index in [4.69, 9.17) is 10.5 Å². The molecule has 1 saturated heterocycles. The van der Waals surface area contributed by atoms with Gasteiger partial charge in [0.1, 0.15) is 11.8 Å². The van der Waals surface area contributed by atoms with Crippen molar-refractivity contribution in [2.75, 3.05) is 43.4 Å². The number of nitriles is 1. The van der Waals surface area contributed by atoms with Crippen molar-refractivity contribution in [3.05, 3.63) is 53.6 Å². The first-order valence-electron chi connectivity index (χ1n) is 8.59. The standard InChI is InChI=1S/C20H22N4O2/c1-15-4-2-3-5-19(15)26-14-20(25)24-10-8-23(9-11-24)18-7-6-17(22)12-16(18)13-21/h2-7,12H,8-11,14,22H2,1H3. The second-order valence-electron chi connectivity index (χ2n) is 6.31. The highest BCUT2D eigenvalue weighted by molar-refractivity contribution is 5.78. The molecular weight excluding hydrogens is 328 g/mol. The maximum Gasteiger partial charge on any atom is 0.260 e. The molecule has 0 aromatic heterocycles. The number of aryl methyl sites for hydroxylation is 1. The predicted octanol–water partition coefficient (Wildman–Crippen LogP) is 2.18. The van der Waals surface area contributed by atoms with E-state index in [1.807, 2.05) is 37.3 Å². The average molecular weight is 350 g/mol. The minimum Gasteiger partial charge on any atom is -0.484 e. The maximum absolute atomic E-state index is 12.4. The molecule has 1 amide bonds. The number of amides is 1. The Morgan fingerprint density at radius 3 is 2.62 bits per heavy atom. The number of para-hydroxylation sites is 1. The molecule has 1 aliphatic rings. The molecule has 0 atom stereocenters. The van der Waals surface area contributed by atoms with Gasteiger partial charge in [0.05, 0.1) is 11.3 Å². The summed E-state index contributed by atoms with van der Waals surface area (Å²) in [6.45, 7) is 4.55. The van der Waals surface area contributed by atoms with Crippen molar-refractivity contribution in [2.24, 2.45) is 0 Å². The van der Waals surface area contributed by atoms with E-state index >= 15 is 0 Å². The lowest BCUT2D eigenvalue weighted by molar-refractivity contribution is -0.133. The summed E-state index contributed by atoms with van der Waals surface area (Å²) in [7, 11) is 0. The number of hydrogen-bond donors (Lipinski definition) is 1. The van der Waals surface area contributed by atoms with Crippen LogP contribution in [0.5, 0.6) is 5.75 Å². The molecule has 6 heteroatoms. The number of carbonyl (C=O) groups is 1. The highest BCUT2D eigenvalue weighted by atomic mass is 16.5. The molecule has 1 aliphatic heterocycles. The number of rotatable bonds is 4. The van der Waals surface area contributed by atoms with Crippen LogP contribution in [-0.2, 0) is 4.79 Å². The van der Waals surface area contributed by atoms with E-state index in [2.05, 4.69) is 11.0 Å². The molecule has 26 heavy (non-hydrogen) atoms. The summed E-state index contributed by atoms with van der Waals surface area (Å²) >= 11 is 0. The fourth-order valence-electron chi connectivity index (χ4n) is 3.06. The number of ether oxygens (including phenoxy) is 1. The zero-order chi connectivity index (χ0) is 18.5. The van der Waals surface area contributed by atoms with Gasteiger partial charge < -0.3 is 20.3 Å². The number of piperazine rings is 1. The summed E-state index contributed by atoms with van der Waals surface area (Å²) in [4.78, 5) is 16.3. The summed E-state index contributed by atoms with van der Waals surface area (Å²) in [6, 6.07) is 15.2. The summed E-state index contributed by atoms with van der Waals surface area (Å²) in [6.07, 6.45) is 0. The lowest BCUT2D eigenvalue weighted by atomic mass is 10.1. The molecule has 0 radical (unpaired) electrons. The Morgan fingerprint density at radius 2 is 1.92 bits per heavy atom. The zero-order valence-electron chi connectivity index (χ0n) is 14.8. The van der Waals surface area contributed by atoms with Gasteiger partial charge in [-0.2, -0.15) is 5.26 Å². The Morgan fingerprint density at radius 1 is 1.19 bits per heavy atom. The van der Waals surface area contributed by atoms with Gasteiger partial charge in [0, 0.05) is 31.9 Å². The third-order valence-corrected chi connectivity index (χ3v) is 4.56. The Balaban J connectivity index is 1.56. The van der Waals surface area contributed by atoms with Crippen LogP contribution in [0.4, 0.5) is 11.4 Å². The van der Waals surface area contributed by atoms with Crippen LogP contribution < -0.4 is 15.4 Å². The monoisotopic (exact) mass is 350 g/mol. The molecule has 1 fully saturated rings. The summed E-state index contributed by atoms with van der Waals surface area (Å²) in [5, 5.41) is 9.30. The van der Waals surface area contributed by atoms with Crippen molar-refractivity contribution >= 4 is 17.3 Å². The molecule has 0 unspecified atom stereocenters. The van der Waals surface area contributed by atoms with Gasteiger partial charge in [0.25, 0.3) is 5.91 Å². The smallest absolute Gasteiger partial charge is 0.260 e. The fraction of sp³-hybridized carbons (Fsp3) is 0.300. The Labute approximate surface area is 153 Å². The van der Waals surface area contributed by atoms with Crippen molar-refractivity contribution < 1.29 is 9.53 Å². The minimum atomic E-state index is -0.0225. The van der Waals surface area contributed by atoms with Crippen LogP contribution in [0, 0.1) is 18.3 Å². The third-order valence-electron chi connectivity index (χ3n) is 4.56. The first kappa shape index (κ1) is 17.6. The Hall–Kier alpha value is -3.20. The number of anilines is 2. The van der Waals surface area contributed by atoms with Crippen molar-refractivity contribution in [2.45, 2.75) is 6.92 Å². The molecular formula is C20H22N4O2. The van der Waals surface area contributed by atoms with E-state index < -0.39 is 0 Å². The Kier molecular flexibility index (Phi) is 5.28. The minimum absolute atomic E-state index is 0.0225. The first-order chi connectivity index (χ1) is 12.6. The number of hydrogen-bond acceptors (Lipinski definition) is 5. The van der Waals surface area contributed by atoms with Gasteiger partial charge in [-0.3, -0.25) is 4.79 Å². The van der Waals surface area contributed by atoms with Gasteiger partial charge in [-0.05, 0) is 36.8 Å². The topological polar surface area (TPSA) is 82.6 Å². The number of benzene rings is 2. The largest absolute Gasteiger partial charge is 0.484 e. The van der Waals surface area contributed by atoms with Gasteiger partial charge in [0.2, 0.25) is 0 Å². The van der Waals surface area contributed by atoms with Gasteiger partial charge in [-0.1, -0.05) is 18.2 Å². The number of nitrogen functional groups attached to an aromatic ring is 1. The lowest BCUT2D eigenvalue weighted by Crippen LogP contribution is -2.50. The van der Waals surface area contributed by atoms with Crippen molar-refractivity contribution in [1.82, 2.24) is 4.90 Å². The van der Waals surface area contributed by atoms with Crippen LogP contribution >= 0.6 is 0 Å². The van der Waals surface area contributed by atoms with Crippen LogP contribution in [0.25, 0.3) is 0 Å². The van der Waals surface area contributed by atoms with Gasteiger partial charge in [0.15, 0.2) is 6.61 Å². The summed E-state index contributed by atoms with van der Waals surface area (Å²) in [5.41, 5.74) is 8.77. The maximum atomic E-state index is 12.4. The van der Waals surface area contributed by atoms with Crippen LogP contribution in [0.2, 0.25) is 0 Å². The van der Waals surface area contributed by atoms with Crippen LogP contribution in [0.15, 0.2) is 42.5 Å². The second kappa shape index (κ2) is 7.79. The number of nitrogens with zero attached hydrogens (tertiary/aromatic N) is 3. The van der Waals surface area contributed by atoms with E-state index in [1.54, 1.807) is 17.0 Å². The molecule has 0 saturated carbocycles. The van der Waals surface area contributed by atoms with Crippen LogP contribution in [0.3, 0.4) is 0 Å². The predicted molar refractivity (Wildman–Crippen MR) is 101 cm³/mol. The van der Waals surface area contributed by atoms with E-state index in [-0.39, 0.29) is 12.5 Å². The lowest BCUT2D eigenvalue weighted by Gasteiger charge is -2.36. The quantitative estimate of drug-likeness (QED) is 0.855. The average Bonchev–Trinajstić information content (AvgIpc) is 2.67. The van der Waals surface area contributed by atoms with Gasteiger partial charge in [-0.15, -0.1) is 0 Å². The number of nitrogens with two attached hydrogens (primary N) is 1. The summed E-state index contributed by atoms with van der Waals surface area (Å²) < 4.78 is 5.65. The molecule has 0 aliphatic carbocycles. The molecule has 0 spiro atoms. The molecule has 1 heterocycles. The number of carbonyl (C=O) groups excluding carboxylic acids is 1. The van der Waals surface area contributed by atoms with E-state index in [0.29, 0.717) is 37.4 Å². The second-order valence-corrected chi connectivity index (χ2v) is 6.31. The van der Waals surface area contributed by atoms with Crippen molar-refractivity contribution in [1.29, 1.82) is 5.26 Å². The van der Waals surface area contributed by atoms with Gasteiger partial charge in [-0.25, -0.2) is 0 Å². The normalized spacial score (nSPS) is 14.0. The SMILES string of the molecule is Cc1ccccc1OCC(=O)N1CCN(c2ccc(N)cc2C#N)CC1. The molecule has 3 rings (SSSR count). The van der Waals surface area contributed by atoms with Crippen molar-refractivity contribution in [3.8, 4) is 11.8 Å². The molecule has 2 aromatic carbocycles. The Bertz CT molecular complexity index is 836. The first-order valence-corrected chi connectivity index (χ1v) is 8.59.